The number of rotatable bonds is 4. The summed E-state index contributed by atoms with van der Waals surface area (Å²) in [6.07, 6.45) is 0. The molecule has 1 aliphatic heterocycles. The summed E-state index contributed by atoms with van der Waals surface area (Å²) in [5.41, 5.74) is 7.83. The molecular weight excluding hydrogens is 410 g/mol. The summed E-state index contributed by atoms with van der Waals surface area (Å²) in [5, 5.41) is 0. The molecule has 0 radical (unpaired) electrons. The lowest BCUT2D eigenvalue weighted by atomic mass is 9.97. The Morgan fingerprint density at radius 1 is 0.727 bits per heavy atom. The third kappa shape index (κ3) is 4.23. The molecule has 0 bridgehead atoms. The summed E-state index contributed by atoms with van der Waals surface area (Å²) in [6.45, 7) is 8.14. The summed E-state index contributed by atoms with van der Waals surface area (Å²) in [4.78, 5) is 32.8. The molecule has 5 heteroatoms. The van der Waals surface area contributed by atoms with Gasteiger partial charge in [0.25, 0.3) is 5.91 Å². The van der Waals surface area contributed by atoms with Crippen LogP contribution in [0.2, 0.25) is 0 Å². The van der Waals surface area contributed by atoms with Crippen LogP contribution in [-0.2, 0) is 9.59 Å². The van der Waals surface area contributed by atoms with Crippen molar-refractivity contribution in [1.29, 1.82) is 0 Å². The van der Waals surface area contributed by atoms with E-state index >= 15 is 0 Å². The molecule has 3 aromatic carbocycles. The lowest BCUT2D eigenvalue weighted by Crippen LogP contribution is -2.56. The average molecular weight is 442 g/mol. The van der Waals surface area contributed by atoms with Gasteiger partial charge in [0.15, 0.2) is 0 Å². The van der Waals surface area contributed by atoms with Crippen LogP contribution < -0.4 is 14.7 Å². The molecule has 33 heavy (non-hydrogen) atoms. The molecule has 0 N–H and O–H groups in total. The Morgan fingerprint density at radius 2 is 1.27 bits per heavy atom. The van der Waals surface area contributed by atoms with Crippen LogP contribution in [0.3, 0.4) is 0 Å². The van der Waals surface area contributed by atoms with Gasteiger partial charge >= 0.3 is 0 Å². The first kappa shape index (κ1) is 22.6. The standard InChI is InChI=1S/C28H31N3O2/c1-18-7-11-24(15-20(18)3)30-17-26(32)31(25-12-8-19(2)21(4)16-25)27(28(30)33)22-9-13-23(14-10-22)29(5)6/h7-16,27H,17H2,1-6H3/t27-/m1/s1. The molecule has 4 rings (SSSR count). The molecule has 2 amide bonds. The third-order valence-electron chi connectivity index (χ3n) is 6.62. The highest BCUT2D eigenvalue weighted by Crippen LogP contribution is 2.36. The van der Waals surface area contributed by atoms with E-state index in [-0.39, 0.29) is 18.4 Å². The highest BCUT2D eigenvalue weighted by Gasteiger charge is 2.42. The van der Waals surface area contributed by atoms with E-state index in [0.717, 1.165) is 44.9 Å². The quantitative estimate of drug-likeness (QED) is 0.565. The molecule has 0 saturated carbocycles. The Bertz CT molecular complexity index is 1210. The Kier molecular flexibility index (Phi) is 5.98. The normalized spacial score (nSPS) is 16.4. The predicted octanol–water partition coefficient (Wildman–Crippen LogP) is 5.11. The lowest BCUT2D eigenvalue weighted by molar-refractivity contribution is -0.128. The summed E-state index contributed by atoms with van der Waals surface area (Å²) < 4.78 is 0. The van der Waals surface area contributed by atoms with E-state index in [1.54, 1.807) is 9.80 Å². The van der Waals surface area contributed by atoms with Gasteiger partial charge in [-0.25, -0.2) is 0 Å². The van der Waals surface area contributed by atoms with E-state index < -0.39 is 6.04 Å². The number of carbonyl (C=O) groups excluding carboxylic acids is 2. The zero-order chi connectivity index (χ0) is 23.9. The van der Waals surface area contributed by atoms with E-state index in [9.17, 15) is 9.59 Å². The van der Waals surface area contributed by atoms with Gasteiger partial charge in [-0.2, -0.15) is 0 Å². The van der Waals surface area contributed by atoms with Crippen molar-refractivity contribution in [3.8, 4) is 0 Å². The molecule has 1 heterocycles. The van der Waals surface area contributed by atoms with E-state index in [1.165, 1.54) is 0 Å². The Morgan fingerprint density at radius 3 is 1.82 bits per heavy atom. The maximum atomic E-state index is 13.9. The van der Waals surface area contributed by atoms with Crippen LogP contribution in [0.5, 0.6) is 0 Å². The minimum absolute atomic E-state index is 0.0144. The molecule has 1 saturated heterocycles. The Hall–Kier alpha value is -3.60. The molecule has 170 valence electrons. The van der Waals surface area contributed by atoms with Crippen molar-refractivity contribution in [3.63, 3.8) is 0 Å². The predicted molar refractivity (Wildman–Crippen MR) is 135 cm³/mol. The van der Waals surface area contributed by atoms with Crippen LogP contribution in [0.4, 0.5) is 17.1 Å². The number of hydrogen-bond donors (Lipinski definition) is 0. The van der Waals surface area contributed by atoms with Crippen LogP contribution in [-0.4, -0.2) is 32.5 Å². The van der Waals surface area contributed by atoms with Gasteiger partial charge in [0, 0.05) is 31.2 Å². The molecule has 0 aliphatic carbocycles. The first-order valence-electron chi connectivity index (χ1n) is 11.2. The van der Waals surface area contributed by atoms with Crippen molar-refractivity contribution in [2.24, 2.45) is 0 Å². The summed E-state index contributed by atoms with van der Waals surface area (Å²) in [7, 11) is 3.96. The Balaban J connectivity index is 1.82. The van der Waals surface area contributed by atoms with Crippen LogP contribution in [0.1, 0.15) is 33.9 Å². The van der Waals surface area contributed by atoms with Crippen molar-refractivity contribution >= 4 is 28.9 Å². The number of piperazine rings is 1. The smallest absolute Gasteiger partial charge is 0.255 e. The van der Waals surface area contributed by atoms with Crippen molar-refractivity contribution in [2.45, 2.75) is 33.7 Å². The minimum atomic E-state index is -0.730. The molecule has 5 nitrogen and oxygen atoms in total. The van der Waals surface area contributed by atoms with Crippen molar-refractivity contribution in [1.82, 2.24) is 0 Å². The van der Waals surface area contributed by atoms with E-state index in [0.29, 0.717) is 0 Å². The molecule has 1 aliphatic rings. The van der Waals surface area contributed by atoms with Crippen molar-refractivity contribution in [3.05, 3.63) is 88.5 Å². The first-order valence-corrected chi connectivity index (χ1v) is 11.2. The van der Waals surface area contributed by atoms with Gasteiger partial charge in [-0.3, -0.25) is 14.5 Å². The van der Waals surface area contributed by atoms with E-state index in [4.69, 9.17) is 0 Å². The molecule has 1 fully saturated rings. The molecule has 3 aromatic rings. The molecule has 0 unspecified atom stereocenters. The average Bonchev–Trinajstić information content (AvgIpc) is 2.79. The number of nitrogens with zero attached hydrogens (tertiary/aromatic N) is 3. The van der Waals surface area contributed by atoms with Gasteiger partial charge in [-0.05, 0) is 91.9 Å². The van der Waals surface area contributed by atoms with Crippen molar-refractivity contribution in [2.75, 3.05) is 35.3 Å². The van der Waals surface area contributed by atoms with Gasteiger partial charge in [0.2, 0.25) is 5.91 Å². The van der Waals surface area contributed by atoms with Crippen LogP contribution in [0, 0.1) is 27.7 Å². The van der Waals surface area contributed by atoms with Gasteiger partial charge in [-0.15, -0.1) is 0 Å². The van der Waals surface area contributed by atoms with Crippen LogP contribution in [0.25, 0.3) is 0 Å². The fourth-order valence-corrected chi connectivity index (χ4v) is 4.22. The second-order valence-electron chi connectivity index (χ2n) is 9.11. The highest BCUT2D eigenvalue weighted by atomic mass is 16.2. The maximum Gasteiger partial charge on any atom is 0.255 e. The highest BCUT2D eigenvalue weighted by molar-refractivity contribution is 6.14. The third-order valence-corrected chi connectivity index (χ3v) is 6.62. The summed E-state index contributed by atoms with van der Waals surface area (Å²) in [5.74, 6) is -0.202. The van der Waals surface area contributed by atoms with E-state index in [1.807, 2.05) is 107 Å². The lowest BCUT2D eigenvalue weighted by Gasteiger charge is -2.41. The van der Waals surface area contributed by atoms with Gasteiger partial charge < -0.3 is 9.80 Å². The second kappa shape index (κ2) is 8.74. The zero-order valence-corrected chi connectivity index (χ0v) is 20.2. The van der Waals surface area contributed by atoms with Crippen LogP contribution >= 0.6 is 0 Å². The Labute approximate surface area is 196 Å². The molecule has 1 atom stereocenters. The first-order chi connectivity index (χ1) is 15.7. The minimum Gasteiger partial charge on any atom is -0.378 e. The number of benzene rings is 3. The summed E-state index contributed by atoms with van der Waals surface area (Å²) >= 11 is 0. The fraction of sp³-hybridized carbons (Fsp3) is 0.286. The van der Waals surface area contributed by atoms with E-state index in [2.05, 4.69) is 0 Å². The number of hydrogen-bond acceptors (Lipinski definition) is 3. The second-order valence-corrected chi connectivity index (χ2v) is 9.11. The molecule has 0 spiro atoms. The molecule has 0 aromatic heterocycles. The number of amides is 2. The maximum absolute atomic E-state index is 13.9. The summed E-state index contributed by atoms with van der Waals surface area (Å²) in [6, 6.07) is 19.0. The monoisotopic (exact) mass is 441 g/mol. The number of anilines is 3. The van der Waals surface area contributed by atoms with Gasteiger partial charge in [0.05, 0.1) is 0 Å². The van der Waals surface area contributed by atoms with Crippen LogP contribution in [0.15, 0.2) is 60.7 Å². The number of aryl methyl sites for hydroxylation is 4. The molecular formula is C28H31N3O2. The topological polar surface area (TPSA) is 43.9 Å². The number of carbonyl (C=O) groups is 2. The van der Waals surface area contributed by atoms with Gasteiger partial charge in [-0.1, -0.05) is 24.3 Å². The fourth-order valence-electron chi connectivity index (χ4n) is 4.22. The SMILES string of the molecule is Cc1ccc(N2CC(=O)N(c3ccc(C)c(C)c3)[C@H](c3ccc(N(C)C)cc3)C2=O)cc1C. The largest absolute Gasteiger partial charge is 0.378 e. The van der Waals surface area contributed by atoms with Crippen molar-refractivity contribution < 1.29 is 9.59 Å². The van der Waals surface area contributed by atoms with Gasteiger partial charge in [0.1, 0.15) is 12.6 Å². The zero-order valence-electron chi connectivity index (χ0n) is 20.2.